The predicted octanol–water partition coefficient (Wildman–Crippen LogP) is 2.04. The van der Waals surface area contributed by atoms with E-state index in [0.29, 0.717) is 26.2 Å². The number of aromatic nitrogens is 3. The van der Waals surface area contributed by atoms with Crippen molar-refractivity contribution in [2.75, 3.05) is 13.1 Å². The largest absolute Gasteiger partial charge is 0.372 e. The average molecular weight is 343 g/mol. The van der Waals surface area contributed by atoms with E-state index in [-0.39, 0.29) is 18.2 Å². The molecule has 1 fully saturated rings. The molecule has 0 saturated carbocycles. The van der Waals surface area contributed by atoms with Crippen LogP contribution in [0.1, 0.15) is 31.4 Å². The highest BCUT2D eigenvalue weighted by Gasteiger charge is 2.27. The highest BCUT2D eigenvalue weighted by molar-refractivity contribution is 5.74. The molecule has 1 aliphatic heterocycles. The summed E-state index contributed by atoms with van der Waals surface area (Å²) in [5.41, 5.74) is 2.20. The normalized spacial score (nSPS) is 20.5. The smallest absolute Gasteiger partial charge is 0.317 e. The molecule has 7 nitrogen and oxygen atoms in total. The van der Waals surface area contributed by atoms with Gasteiger partial charge in [0.2, 0.25) is 0 Å². The van der Waals surface area contributed by atoms with Gasteiger partial charge in [0.15, 0.2) is 0 Å². The maximum Gasteiger partial charge on any atom is 0.317 e. The van der Waals surface area contributed by atoms with Crippen LogP contribution in [0.3, 0.4) is 0 Å². The van der Waals surface area contributed by atoms with Crippen molar-refractivity contribution in [3.63, 3.8) is 0 Å². The van der Waals surface area contributed by atoms with Crippen molar-refractivity contribution >= 4 is 6.03 Å². The van der Waals surface area contributed by atoms with Crippen molar-refractivity contribution in [2.24, 2.45) is 0 Å². The molecule has 7 heteroatoms. The molecule has 0 unspecified atom stereocenters. The van der Waals surface area contributed by atoms with Gasteiger partial charge in [-0.2, -0.15) is 5.10 Å². The number of hydrogen-bond donors (Lipinski definition) is 1. The maximum atomic E-state index is 12.5. The molecule has 2 heterocycles. The van der Waals surface area contributed by atoms with E-state index in [1.807, 2.05) is 30.0 Å². The third kappa shape index (κ3) is 4.79. The number of nitrogens with one attached hydrogen (secondary N) is 1. The van der Waals surface area contributed by atoms with Gasteiger partial charge in [0, 0.05) is 19.6 Å². The summed E-state index contributed by atoms with van der Waals surface area (Å²) < 4.78 is 7.58. The lowest BCUT2D eigenvalue weighted by Gasteiger charge is -2.36. The van der Waals surface area contributed by atoms with Gasteiger partial charge in [-0.15, -0.1) is 0 Å². The van der Waals surface area contributed by atoms with Crippen molar-refractivity contribution in [3.8, 4) is 0 Å². The second-order valence-corrected chi connectivity index (χ2v) is 6.45. The minimum absolute atomic E-state index is 0.0321. The standard InChI is InChI=1S/C18H25N5O2/c1-3-17-11-22(9-14(2)25-17)18(24)20-8-15-5-4-6-16(7-15)10-23-13-19-12-21-23/h4-7,12-14,17H,3,8-11H2,1-2H3,(H,20,24)/t14-,17-/m1/s1. The van der Waals surface area contributed by atoms with Crippen LogP contribution in [-0.2, 0) is 17.8 Å². The van der Waals surface area contributed by atoms with Gasteiger partial charge in [0.25, 0.3) is 0 Å². The Balaban J connectivity index is 1.55. The van der Waals surface area contributed by atoms with Gasteiger partial charge in [0.1, 0.15) is 12.7 Å². The molecule has 134 valence electrons. The van der Waals surface area contributed by atoms with Gasteiger partial charge < -0.3 is 15.0 Å². The van der Waals surface area contributed by atoms with E-state index < -0.39 is 0 Å². The number of carbonyl (C=O) groups excluding carboxylic acids is 1. The molecule has 1 aromatic carbocycles. The molecular formula is C18H25N5O2. The number of carbonyl (C=O) groups is 1. The van der Waals surface area contributed by atoms with E-state index in [0.717, 1.165) is 17.5 Å². The van der Waals surface area contributed by atoms with Crippen LogP contribution in [-0.4, -0.2) is 51.0 Å². The van der Waals surface area contributed by atoms with E-state index in [4.69, 9.17) is 4.74 Å². The molecule has 3 rings (SSSR count). The average Bonchev–Trinajstić information content (AvgIpc) is 3.12. The highest BCUT2D eigenvalue weighted by atomic mass is 16.5. The zero-order valence-corrected chi connectivity index (χ0v) is 14.8. The second-order valence-electron chi connectivity index (χ2n) is 6.45. The van der Waals surface area contributed by atoms with E-state index in [9.17, 15) is 4.79 Å². The molecule has 0 aliphatic carbocycles. The zero-order chi connectivity index (χ0) is 17.6. The lowest BCUT2D eigenvalue weighted by atomic mass is 10.1. The summed E-state index contributed by atoms with van der Waals surface area (Å²) in [6.07, 6.45) is 4.34. The fraction of sp³-hybridized carbons (Fsp3) is 0.500. The molecule has 2 aromatic rings. The highest BCUT2D eigenvalue weighted by Crippen LogP contribution is 2.14. The Hall–Kier alpha value is -2.41. The van der Waals surface area contributed by atoms with Crippen molar-refractivity contribution < 1.29 is 9.53 Å². The minimum atomic E-state index is -0.0321. The summed E-state index contributed by atoms with van der Waals surface area (Å²) in [5.74, 6) is 0. The van der Waals surface area contributed by atoms with Crippen LogP contribution in [0, 0.1) is 0 Å². The molecule has 1 saturated heterocycles. The summed E-state index contributed by atoms with van der Waals surface area (Å²) in [6.45, 7) is 6.55. The third-order valence-electron chi connectivity index (χ3n) is 4.32. The van der Waals surface area contributed by atoms with Crippen LogP contribution in [0.25, 0.3) is 0 Å². The Kier molecular flexibility index (Phi) is 5.65. The van der Waals surface area contributed by atoms with Crippen LogP contribution < -0.4 is 5.32 Å². The Morgan fingerprint density at radius 2 is 2.20 bits per heavy atom. The topological polar surface area (TPSA) is 72.3 Å². The number of benzene rings is 1. The first kappa shape index (κ1) is 17.4. The Morgan fingerprint density at radius 1 is 1.36 bits per heavy atom. The number of ether oxygens (including phenoxy) is 1. The van der Waals surface area contributed by atoms with Crippen LogP contribution in [0.4, 0.5) is 4.79 Å². The first-order chi connectivity index (χ1) is 12.1. The Labute approximate surface area is 148 Å². The summed E-state index contributed by atoms with van der Waals surface area (Å²) in [5, 5.41) is 7.13. The summed E-state index contributed by atoms with van der Waals surface area (Å²) >= 11 is 0. The van der Waals surface area contributed by atoms with Gasteiger partial charge in [-0.3, -0.25) is 0 Å². The van der Waals surface area contributed by atoms with Gasteiger partial charge in [-0.1, -0.05) is 31.2 Å². The molecule has 25 heavy (non-hydrogen) atoms. The molecule has 0 radical (unpaired) electrons. The van der Waals surface area contributed by atoms with Crippen molar-refractivity contribution in [3.05, 3.63) is 48.0 Å². The number of urea groups is 1. The maximum absolute atomic E-state index is 12.5. The molecule has 2 amide bonds. The van der Waals surface area contributed by atoms with E-state index in [1.165, 1.54) is 6.33 Å². The summed E-state index contributed by atoms with van der Waals surface area (Å²) in [4.78, 5) is 18.3. The molecule has 1 N–H and O–H groups in total. The Bertz CT molecular complexity index is 689. The molecule has 0 bridgehead atoms. The molecular weight excluding hydrogens is 318 g/mol. The Morgan fingerprint density at radius 3 is 2.96 bits per heavy atom. The van der Waals surface area contributed by atoms with E-state index in [1.54, 1.807) is 11.0 Å². The van der Waals surface area contributed by atoms with Crippen molar-refractivity contribution in [2.45, 2.75) is 45.6 Å². The fourth-order valence-corrected chi connectivity index (χ4v) is 3.07. The zero-order valence-electron chi connectivity index (χ0n) is 14.8. The molecule has 1 aliphatic rings. The number of morpholine rings is 1. The van der Waals surface area contributed by atoms with Crippen molar-refractivity contribution in [1.82, 2.24) is 25.0 Å². The lowest BCUT2D eigenvalue weighted by molar-refractivity contribution is -0.0646. The predicted molar refractivity (Wildman–Crippen MR) is 94.0 cm³/mol. The van der Waals surface area contributed by atoms with Crippen LogP contribution in [0.2, 0.25) is 0 Å². The van der Waals surface area contributed by atoms with E-state index in [2.05, 4.69) is 28.4 Å². The molecule has 2 atom stereocenters. The lowest BCUT2D eigenvalue weighted by Crippen LogP contribution is -2.52. The van der Waals surface area contributed by atoms with Crippen LogP contribution in [0.5, 0.6) is 0 Å². The van der Waals surface area contributed by atoms with Crippen molar-refractivity contribution in [1.29, 1.82) is 0 Å². The first-order valence-corrected chi connectivity index (χ1v) is 8.72. The first-order valence-electron chi connectivity index (χ1n) is 8.72. The fourth-order valence-electron chi connectivity index (χ4n) is 3.07. The number of rotatable bonds is 5. The second kappa shape index (κ2) is 8.11. The van der Waals surface area contributed by atoms with Crippen LogP contribution >= 0.6 is 0 Å². The number of amides is 2. The minimum Gasteiger partial charge on any atom is -0.372 e. The van der Waals surface area contributed by atoms with Gasteiger partial charge >= 0.3 is 6.03 Å². The third-order valence-corrected chi connectivity index (χ3v) is 4.32. The number of nitrogens with zero attached hydrogens (tertiary/aromatic N) is 4. The quantitative estimate of drug-likeness (QED) is 0.902. The number of hydrogen-bond acceptors (Lipinski definition) is 4. The van der Waals surface area contributed by atoms with E-state index >= 15 is 0 Å². The van der Waals surface area contributed by atoms with Gasteiger partial charge in [-0.05, 0) is 24.5 Å². The SMILES string of the molecule is CC[C@@H]1CN(C(=O)NCc2cccc(Cn3cncn3)c2)C[C@@H](C)O1. The van der Waals surface area contributed by atoms with Gasteiger partial charge in [-0.25, -0.2) is 14.5 Å². The van der Waals surface area contributed by atoms with Gasteiger partial charge in [0.05, 0.1) is 18.8 Å². The molecule has 1 aromatic heterocycles. The molecule has 0 spiro atoms. The summed E-state index contributed by atoms with van der Waals surface area (Å²) in [6, 6.07) is 8.11. The monoisotopic (exact) mass is 343 g/mol. The summed E-state index contributed by atoms with van der Waals surface area (Å²) in [7, 11) is 0. The van der Waals surface area contributed by atoms with Crippen LogP contribution in [0.15, 0.2) is 36.9 Å².